The van der Waals surface area contributed by atoms with Gasteiger partial charge >= 0.3 is 0 Å². The van der Waals surface area contributed by atoms with Gasteiger partial charge in [-0.25, -0.2) is 4.39 Å². The van der Waals surface area contributed by atoms with Crippen molar-refractivity contribution in [3.63, 3.8) is 0 Å². The van der Waals surface area contributed by atoms with E-state index in [0.717, 1.165) is 19.4 Å². The number of nitrogens with one attached hydrogen (secondary N) is 1. The number of hydrogen-bond acceptors (Lipinski definition) is 3. The third-order valence-electron chi connectivity index (χ3n) is 4.02. The fourth-order valence-electron chi connectivity index (χ4n) is 2.75. The van der Waals surface area contributed by atoms with Crippen LogP contribution >= 0.6 is 12.4 Å². The van der Waals surface area contributed by atoms with Gasteiger partial charge in [-0.1, -0.05) is 6.07 Å². The number of rotatable bonds is 5. The minimum Gasteiger partial charge on any atom is -0.341 e. The molecule has 24 heavy (non-hydrogen) atoms. The molecular formula is C17H25ClFN3O2. The topological polar surface area (TPSA) is 52.7 Å². The van der Waals surface area contributed by atoms with Crippen LogP contribution in [0.15, 0.2) is 24.3 Å². The Hall–Kier alpha value is -1.66. The molecule has 0 atom stereocenters. The number of amides is 2. The molecule has 1 aromatic carbocycles. The SMILES string of the molecule is CNCCCC(=O)N1CCCN(C(=O)c2cccc(F)c2)CC1.Cl. The maximum Gasteiger partial charge on any atom is 0.254 e. The molecule has 0 saturated carbocycles. The van der Waals surface area contributed by atoms with Crippen LogP contribution in [0, 0.1) is 5.82 Å². The van der Waals surface area contributed by atoms with Gasteiger partial charge in [0, 0.05) is 38.2 Å². The summed E-state index contributed by atoms with van der Waals surface area (Å²) in [6.07, 6.45) is 2.09. The fourth-order valence-corrected chi connectivity index (χ4v) is 2.75. The third-order valence-corrected chi connectivity index (χ3v) is 4.02. The Morgan fingerprint density at radius 2 is 1.88 bits per heavy atom. The zero-order valence-electron chi connectivity index (χ0n) is 14.0. The van der Waals surface area contributed by atoms with Gasteiger partial charge in [0.2, 0.25) is 5.91 Å². The molecule has 0 radical (unpaired) electrons. The smallest absolute Gasteiger partial charge is 0.254 e. The van der Waals surface area contributed by atoms with Crippen LogP contribution in [0.3, 0.4) is 0 Å². The zero-order chi connectivity index (χ0) is 16.7. The van der Waals surface area contributed by atoms with E-state index in [1.165, 1.54) is 18.2 Å². The van der Waals surface area contributed by atoms with Crippen molar-refractivity contribution in [1.29, 1.82) is 0 Å². The summed E-state index contributed by atoms with van der Waals surface area (Å²) in [4.78, 5) is 28.1. The highest BCUT2D eigenvalue weighted by molar-refractivity contribution is 5.94. The van der Waals surface area contributed by atoms with Gasteiger partial charge in [-0.2, -0.15) is 0 Å². The van der Waals surface area contributed by atoms with Crippen LogP contribution in [-0.2, 0) is 4.79 Å². The largest absolute Gasteiger partial charge is 0.341 e. The third kappa shape index (κ3) is 5.76. The van der Waals surface area contributed by atoms with Crippen LogP contribution in [-0.4, -0.2) is 61.4 Å². The van der Waals surface area contributed by atoms with Crippen LogP contribution in [0.4, 0.5) is 4.39 Å². The molecule has 1 heterocycles. The first-order valence-corrected chi connectivity index (χ1v) is 8.09. The van der Waals surface area contributed by atoms with Crippen LogP contribution in [0.25, 0.3) is 0 Å². The minimum atomic E-state index is -0.410. The number of benzene rings is 1. The first kappa shape index (κ1) is 20.4. The number of nitrogens with zero attached hydrogens (tertiary/aromatic N) is 2. The lowest BCUT2D eigenvalue weighted by molar-refractivity contribution is -0.131. The molecule has 2 rings (SSSR count). The Bertz CT molecular complexity index is 556. The Labute approximate surface area is 148 Å². The normalized spacial score (nSPS) is 14.8. The van der Waals surface area contributed by atoms with Gasteiger partial charge in [0.15, 0.2) is 0 Å². The first-order chi connectivity index (χ1) is 11.1. The Balaban J connectivity index is 0.00000288. The summed E-state index contributed by atoms with van der Waals surface area (Å²) < 4.78 is 13.3. The number of carbonyl (C=O) groups is 2. The second-order valence-electron chi connectivity index (χ2n) is 5.74. The van der Waals surface area contributed by atoms with Crippen molar-refractivity contribution in [3.05, 3.63) is 35.6 Å². The Morgan fingerprint density at radius 3 is 2.58 bits per heavy atom. The summed E-state index contributed by atoms with van der Waals surface area (Å²) in [5, 5.41) is 3.03. The number of halogens is 2. The molecule has 0 aromatic heterocycles. The zero-order valence-corrected chi connectivity index (χ0v) is 14.8. The molecule has 1 aromatic rings. The molecular weight excluding hydrogens is 333 g/mol. The molecule has 1 aliphatic heterocycles. The highest BCUT2D eigenvalue weighted by Gasteiger charge is 2.22. The minimum absolute atomic E-state index is 0. The lowest BCUT2D eigenvalue weighted by atomic mass is 10.2. The van der Waals surface area contributed by atoms with Crippen LogP contribution in [0.2, 0.25) is 0 Å². The molecule has 0 unspecified atom stereocenters. The molecule has 5 nitrogen and oxygen atoms in total. The summed E-state index contributed by atoms with van der Waals surface area (Å²) in [7, 11) is 1.87. The Kier molecular flexibility index (Phi) is 8.71. The van der Waals surface area contributed by atoms with Crippen LogP contribution < -0.4 is 5.32 Å². The molecule has 2 amide bonds. The van der Waals surface area contributed by atoms with E-state index in [2.05, 4.69) is 5.32 Å². The molecule has 1 N–H and O–H groups in total. The summed E-state index contributed by atoms with van der Waals surface area (Å²) in [5.74, 6) is -0.443. The summed E-state index contributed by atoms with van der Waals surface area (Å²) in [6.45, 7) is 3.12. The van der Waals surface area contributed by atoms with E-state index in [1.54, 1.807) is 11.0 Å². The van der Waals surface area contributed by atoms with E-state index < -0.39 is 5.82 Å². The fraction of sp³-hybridized carbons (Fsp3) is 0.529. The van der Waals surface area contributed by atoms with E-state index in [4.69, 9.17) is 0 Å². The molecule has 1 aliphatic rings. The van der Waals surface area contributed by atoms with Crippen LogP contribution in [0.1, 0.15) is 29.6 Å². The molecule has 1 fully saturated rings. The van der Waals surface area contributed by atoms with E-state index >= 15 is 0 Å². The summed E-state index contributed by atoms with van der Waals surface area (Å²) in [6, 6.07) is 5.74. The molecule has 134 valence electrons. The molecule has 7 heteroatoms. The van der Waals surface area contributed by atoms with Gasteiger partial charge in [0.25, 0.3) is 5.91 Å². The van der Waals surface area contributed by atoms with Gasteiger partial charge in [-0.05, 0) is 44.6 Å². The van der Waals surface area contributed by atoms with Crippen molar-refractivity contribution >= 4 is 24.2 Å². The number of carbonyl (C=O) groups excluding carboxylic acids is 2. The van der Waals surface area contributed by atoms with Crippen LogP contribution in [0.5, 0.6) is 0 Å². The highest BCUT2D eigenvalue weighted by Crippen LogP contribution is 2.11. The van der Waals surface area contributed by atoms with Gasteiger partial charge in [0.1, 0.15) is 5.82 Å². The van der Waals surface area contributed by atoms with Gasteiger partial charge in [-0.3, -0.25) is 9.59 Å². The second-order valence-corrected chi connectivity index (χ2v) is 5.74. The highest BCUT2D eigenvalue weighted by atomic mass is 35.5. The molecule has 0 spiro atoms. The van der Waals surface area contributed by atoms with E-state index in [9.17, 15) is 14.0 Å². The van der Waals surface area contributed by atoms with Gasteiger partial charge in [0.05, 0.1) is 0 Å². The average molecular weight is 358 g/mol. The van der Waals surface area contributed by atoms with Crippen molar-refractivity contribution in [2.45, 2.75) is 19.3 Å². The van der Waals surface area contributed by atoms with Gasteiger partial charge in [-0.15, -0.1) is 12.4 Å². The van der Waals surface area contributed by atoms with Gasteiger partial charge < -0.3 is 15.1 Å². The van der Waals surface area contributed by atoms with Crippen molar-refractivity contribution in [2.75, 3.05) is 39.8 Å². The Morgan fingerprint density at radius 1 is 1.17 bits per heavy atom. The lowest BCUT2D eigenvalue weighted by Crippen LogP contribution is -2.37. The summed E-state index contributed by atoms with van der Waals surface area (Å²) in [5.41, 5.74) is 0.360. The molecule has 1 saturated heterocycles. The second kappa shape index (κ2) is 10.3. The van der Waals surface area contributed by atoms with Crippen molar-refractivity contribution in [1.82, 2.24) is 15.1 Å². The first-order valence-electron chi connectivity index (χ1n) is 8.09. The maximum atomic E-state index is 13.3. The van der Waals surface area contributed by atoms with E-state index in [1.807, 2.05) is 11.9 Å². The monoisotopic (exact) mass is 357 g/mol. The van der Waals surface area contributed by atoms with Crippen molar-refractivity contribution < 1.29 is 14.0 Å². The average Bonchev–Trinajstić information content (AvgIpc) is 2.80. The van der Waals surface area contributed by atoms with Crippen molar-refractivity contribution in [2.24, 2.45) is 0 Å². The molecule has 0 aliphatic carbocycles. The lowest BCUT2D eigenvalue weighted by Gasteiger charge is -2.22. The predicted octanol–water partition coefficient (Wildman–Crippen LogP) is 1.92. The van der Waals surface area contributed by atoms with Crippen molar-refractivity contribution in [3.8, 4) is 0 Å². The number of hydrogen-bond donors (Lipinski definition) is 1. The standard InChI is InChI=1S/C17H24FN3O2.ClH/c1-19-8-3-7-16(22)20-9-4-10-21(12-11-20)17(23)14-5-2-6-15(18)13-14;/h2,5-6,13,19H,3-4,7-12H2,1H3;1H. The quantitative estimate of drug-likeness (QED) is 0.819. The van der Waals surface area contributed by atoms with E-state index in [0.29, 0.717) is 38.2 Å². The van der Waals surface area contributed by atoms with E-state index in [-0.39, 0.29) is 24.2 Å². The predicted molar refractivity (Wildman–Crippen MR) is 93.9 cm³/mol. The maximum absolute atomic E-state index is 13.3. The summed E-state index contributed by atoms with van der Waals surface area (Å²) >= 11 is 0. The molecule has 0 bridgehead atoms.